The second kappa shape index (κ2) is 6.82. The molecule has 1 aliphatic heterocycles. The number of ether oxygens (including phenoxy) is 1. The molecule has 2 unspecified atom stereocenters. The van der Waals surface area contributed by atoms with Crippen LogP contribution in [0.2, 0.25) is 0 Å². The smallest absolute Gasteiger partial charge is 0.274 e. The van der Waals surface area contributed by atoms with Gasteiger partial charge in [-0.15, -0.1) is 0 Å². The van der Waals surface area contributed by atoms with Gasteiger partial charge >= 0.3 is 0 Å². The molecule has 7 nitrogen and oxygen atoms in total. The summed E-state index contributed by atoms with van der Waals surface area (Å²) in [6.07, 6.45) is 0.861. The molecule has 0 radical (unpaired) electrons. The van der Waals surface area contributed by atoms with Crippen molar-refractivity contribution in [3.63, 3.8) is 0 Å². The zero-order valence-electron chi connectivity index (χ0n) is 12.4. The number of carbonyl (C=O) groups excluding carboxylic acids is 1. The Bertz CT molecular complexity index is 557. The first-order chi connectivity index (χ1) is 10.1. The summed E-state index contributed by atoms with van der Waals surface area (Å²) >= 11 is 0. The van der Waals surface area contributed by atoms with Gasteiger partial charge in [0.15, 0.2) is 0 Å². The molecule has 1 aromatic heterocycles. The van der Waals surface area contributed by atoms with Gasteiger partial charge in [0, 0.05) is 19.7 Å². The highest BCUT2D eigenvalue weighted by Gasteiger charge is 2.34. The Kier molecular flexibility index (Phi) is 5.08. The van der Waals surface area contributed by atoms with Crippen molar-refractivity contribution in [2.24, 2.45) is 5.92 Å². The fourth-order valence-corrected chi connectivity index (χ4v) is 2.59. The fraction of sp³-hybridized carbons (Fsp3) is 0.643. The standard InChI is InChI=1S/C14H21N3O4/c1-10-5-6-16(12(10)9-18)14(20)11-3-4-13(19)17(15-11)7-8-21-2/h3-4,10,12,18H,5-9H2,1-2H3. The highest BCUT2D eigenvalue weighted by atomic mass is 16.5. The summed E-state index contributed by atoms with van der Waals surface area (Å²) in [5.74, 6) is 0.0166. The van der Waals surface area contributed by atoms with E-state index in [1.54, 1.807) is 4.90 Å². The van der Waals surface area contributed by atoms with E-state index in [1.807, 2.05) is 6.92 Å². The number of methoxy groups -OCH3 is 1. The molecular formula is C14H21N3O4. The molecule has 1 N–H and O–H groups in total. The lowest BCUT2D eigenvalue weighted by Gasteiger charge is -2.24. The molecule has 7 heteroatoms. The van der Waals surface area contributed by atoms with E-state index in [-0.39, 0.29) is 35.7 Å². The van der Waals surface area contributed by atoms with Crippen molar-refractivity contribution in [3.8, 4) is 0 Å². The molecule has 0 aromatic carbocycles. The summed E-state index contributed by atoms with van der Waals surface area (Å²) < 4.78 is 6.15. The molecule has 1 aliphatic rings. The largest absolute Gasteiger partial charge is 0.394 e. The average molecular weight is 295 g/mol. The van der Waals surface area contributed by atoms with E-state index in [1.165, 1.54) is 23.9 Å². The summed E-state index contributed by atoms with van der Waals surface area (Å²) in [5, 5.41) is 13.5. The van der Waals surface area contributed by atoms with Crippen LogP contribution in [0, 0.1) is 5.92 Å². The third-order valence-corrected chi connectivity index (χ3v) is 3.92. The van der Waals surface area contributed by atoms with Gasteiger partial charge in [-0.25, -0.2) is 4.68 Å². The average Bonchev–Trinajstić information content (AvgIpc) is 2.86. The Morgan fingerprint density at radius 1 is 1.52 bits per heavy atom. The van der Waals surface area contributed by atoms with Crippen LogP contribution in [-0.2, 0) is 11.3 Å². The van der Waals surface area contributed by atoms with Gasteiger partial charge in [0.25, 0.3) is 11.5 Å². The van der Waals surface area contributed by atoms with E-state index >= 15 is 0 Å². The van der Waals surface area contributed by atoms with Crippen LogP contribution in [0.15, 0.2) is 16.9 Å². The predicted molar refractivity (Wildman–Crippen MR) is 76.1 cm³/mol. The second-order valence-electron chi connectivity index (χ2n) is 5.29. The Hall–Kier alpha value is -1.73. The molecule has 1 fully saturated rings. The van der Waals surface area contributed by atoms with Crippen LogP contribution in [0.25, 0.3) is 0 Å². The predicted octanol–water partition coefficient (Wildman–Crippen LogP) is -0.267. The number of nitrogens with zero attached hydrogens (tertiary/aromatic N) is 3. The van der Waals surface area contributed by atoms with E-state index in [4.69, 9.17) is 4.74 Å². The second-order valence-corrected chi connectivity index (χ2v) is 5.29. The Labute approximate surface area is 123 Å². The van der Waals surface area contributed by atoms with E-state index in [0.717, 1.165) is 6.42 Å². The van der Waals surface area contributed by atoms with Crippen LogP contribution in [0.1, 0.15) is 23.8 Å². The molecule has 2 atom stereocenters. The number of aliphatic hydroxyl groups is 1. The number of aliphatic hydroxyl groups excluding tert-OH is 1. The van der Waals surface area contributed by atoms with Crippen molar-refractivity contribution >= 4 is 5.91 Å². The third-order valence-electron chi connectivity index (χ3n) is 3.92. The highest BCUT2D eigenvalue weighted by molar-refractivity contribution is 5.92. The topological polar surface area (TPSA) is 84.7 Å². The van der Waals surface area contributed by atoms with Gasteiger partial charge in [-0.1, -0.05) is 6.92 Å². The lowest BCUT2D eigenvalue weighted by molar-refractivity contribution is 0.0638. The maximum absolute atomic E-state index is 12.5. The molecule has 0 spiro atoms. The molecule has 0 aliphatic carbocycles. The fourth-order valence-electron chi connectivity index (χ4n) is 2.59. The number of carbonyl (C=O) groups is 1. The molecule has 1 amide bonds. The van der Waals surface area contributed by atoms with Crippen LogP contribution >= 0.6 is 0 Å². The lowest BCUT2D eigenvalue weighted by Crippen LogP contribution is -2.41. The van der Waals surface area contributed by atoms with Gasteiger partial charge in [0.05, 0.1) is 25.8 Å². The Morgan fingerprint density at radius 2 is 2.29 bits per heavy atom. The van der Waals surface area contributed by atoms with E-state index in [2.05, 4.69) is 5.10 Å². The van der Waals surface area contributed by atoms with Gasteiger partial charge in [-0.3, -0.25) is 9.59 Å². The van der Waals surface area contributed by atoms with Gasteiger partial charge < -0.3 is 14.7 Å². The first kappa shape index (κ1) is 15.7. The summed E-state index contributed by atoms with van der Waals surface area (Å²) in [7, 11) is 1.54. The van der Waals surface area contributed by atoms with Crippen LogP contribution in [0.3, 0.4) is 0 Å². The van der Waals surface area contributed by atoms with Crippen LogP contribution < -0.4 is 5.56 Å². The summed E-state index contributed by atoms with van der Waals surface area (Å²) in [6.45, 7) is 3.21. The highest BCUT2D eigenvalue weighted by Crippen LogP contribution is 2.24. The van der Waals surface area contributed by atoms with Crippen molar-refractivity contribution in [1.82, 2.24) is 14.7 Å². The summed E-state index contributed by atoms with van der Waals surface area (Å²) in [6, 6.07) is 2.59. The van der Waals surface area contributed by atoms with Crippen molar-refractivity contribution in [2.45, 2.75) is 25.9 Å². The number of hydrogen-bond acceptors (Lipinski definition) is 5. The van der Waals surface area contributed by atoms with E-state index in [0.29, 0.717) is 19.7 Å². The van der Waals surface area contributed by atoms with Crippen molar-refractivity contribution in [1.29, 1.82) is 0 Å². The Morgan fingerprint density at radius 3 is 2.95 bits per heavy atom. The molecule has 21 heavy (non-hydrogen) atoms. The first-order valence-corrected chi connectivity index (χ1v) is 7.07. The van der Waals surface area contributed by atoms with Gasteiger partial charge in [0.1, 0.15) is 5.69 Å². The van der Waals surface area contributed by atoms with Crippen LogP contribution in [0.4, 0.5) is 0 Å². The van der Waals surface area contributed by atoms with Gasteiger partial charge in [-0.2, -0.15) is 5.10 Å². The SMILES string of the molecule is COCCn1nc(C(=O)N2CCC(C)C2CO)ccc1=O. The van der Waals surface area contributed by atoms with Crippen LogP contribution in [-0.4, -0.2) is 58.6 Å². The molecule has 1 aromatic rings. The first-order valence-electron chi connectivity index (χ1n) is 7.07. The molecular weight excluding hydrogens is 274 g/mol. The molecule has 0 saturated carbocycles. The van der Waals surface area contributed by atoms with Crippen LogP contribution in [0.5, 0.6) is 0 Å². The molecule has 2 heterocycles. The van der Waals surface area contributed by atoms with Crippen molar-refractivity contribution in [3.05, 3.63) is 28.2 Å². The summed E-state index contributed by atoms with van der Waals surface area (Å²) in [5.41, 5.74) is -0.0460. The van der Waals surface area contributed by atoms with Gasteiger partial charge in [-0.05, 0) is 18.4 Å². The lowest BCUT2D eigenvalue weighted by atomic mass is 10.0. The zero-order valence-corrected chi connectivity index (χ0v) is 12.4. The minimum absolute atomic E-state index is 0.0593. The Balaban J connectivity index is 2.21. The quantitative estimate of drug-likeness (QED) is 0.808. The molecule has 0 bridgehead atoms. The zero-order chi connectivity index (χ0) is 15.4. The van der Waals surface area contributed by atoms with E-state index in [9.17, 15) is 14.7 Å². The minimum atomic E-state index is -0.267. The summed E-state index contributed by atoms with van der Waals surface area (Å²) in [4.78, 5) is 25.8. The number of aromatic nitrogens is 2. The van der Waals surface area contributed by atoms with Crippen molar-refractivity contribution in [2.75, 3.05) is 26.9 Å². The molecule has 116 valence electrons. The minimum Gasteiger partial charge on any atom is -0.394 e. The van der Waals surface area contributed by atoms with E-state index < -0.39 is 0 Å². The number of hydrogen-bond donors (Lipinski definition) is 1. The van der Waals surface area contributed by atoms with Gasteiger partial charge in [0.2, 0.25) is 0 Å². The normalized spacial score (nSPS) is 21.8. The maximum atomic E-state index is 12.5. The molecule has 2 rings (SSSR count). The maximum Gasteiger partial charge on any atom is 0.274 e. The monoisotopic (exact) mass is 295 g/mol. The number of rotatable bonds is 5. The van der Waals surface area contributed by atoms with Crippen molar-refractivity contribution < 1.29 is 14.6 Å². The molecule has 1 saturated heterocycles. The third kappa shape index (κ3) is 3.30. The number of likely N-dealkylation sites (tertiary alicyclic amines) is 1. The number of amides is 1.